The van der Waals surface area contributed by atoms with Gasteiger partial charge in [0.15, 0.2) is 0 Å². The lowest BCUT2D eigenvalue weighted by atomic mass is 10.1. The Morgan fingerprint density at radius 2 is 1.57 bits per heavy atom. The Bertz CT molecular complexity index is 1070. The van der Waals surface area contributed by atoms with Crippen molar-refractivity contribution in [2.24, 2.45) is 5.92 Å². The Balaban J connectivity index is 1.36. The molecule has 1 aromatic heterocycles. The van der Waals surface area contributed by atoms with E-state index in [-0.39, 0.29) is 27.5 Å². The molecule has 1 aliphatic rings. The molecule has 0 aliphatic heterocycles. The highest BCUT2D eigenvalue weighted by Crippen LogP contribution is 2.47. The van der Waals surface area contributed by atoms with Gasteiger partial charge in [0.1, 0.15) is 0 Å². The minimum atomic E-state index is -3.52. The summed E-state index contributed by atoms with van der Waals surface area (Å²) < 4.78 is 25.2. The van der Waals surface area contributed by atoms with E-state index in [1.165, 1.54) is 0 Å². The molecule has 1 heterocycles. The van der Waals surface area contributed by atoms with E-state index in [0.717, 1.165) is 17.5 Å². The third-order valence-electron chi connectivity index (χ3n) is 5.02. The predicted octanol–water partition coefficient (Wildman–Crippen LogP) is 3.33. The van der Waals surface area contributed by atoms with Gasteiger partial charge in [0.05, 0.1) is 9.79 Å². The number of carbonyl (C=O) groups is 1. The lowest BCUT2D eigenvalue weighted by Crippen LogP contribution is -2.24. The maximum Gasteiger partial charge on any atom is 0.224 e. The van der Waals surface area contributed by atoms with Gasteiger partial charge in [-0.15, -0.1) is 0 Å². The van der Waals surface area contributed by atoms with Crippen LogP contribution in [0.15, 0.2) is 88.9 Å². The van der Waals surface area contributed by atoms with E-state index in [1.807, 2.05) is 12.1 Å². The zero-order valence-electron chi connectivity index (χ0n) is 15.2. The summed E-state index contributed by atoms with van der Waals surface area (Å²) in [6.45, 7) is 0.379. The number of pyridine rings is 1. The highest BCUT2D eigenvalue weighted by Gasteiger charge is 2.43. The molecule has 0 spiro atoms. The van der Waals surface area contributed by atoms with Crippen molar-refractivity contribution in [3.05, 3.63) is 90.3 Å². The quantitative estimate of drug-likeness (QED) is 0.698. The number of hydrogen-bond donors (Lipinski definition) is 1. The van der Waals surface area contributed by atoms with Crippen LogP contribution in [-0.2, 0) is 21.2 Å². The van der Waals surface area contributed by atoms with Gasteiger partial charge in [-0.3, -0.25) is 9.78 Å². The van der Waals surface area contributed by atoms with Gasteiger partial charge in [-0.05, 0) is 59.9 Å². The fourth-order valence-corrected chi connectivity index (χ4v) is 4.59. The van der Waals surface area contributed by atoms with Gasteiger partial charge in [-0.1, -0.05) is 30.3 Å². The Kier molecular flexibility index (Phi) is 4.96. The largest absolute Gasteiger partial charge is 0.352 e. The van der Waals surface area contributed by atoms with Crippen molar-refractivity contribution in [1.29, 1.82) is 0 Å². The van der Waals surface area contributed by atoms with E-state index >= 15 is 0 Å². The van der Waals surface area contributed by atoms with Crippen LogP contribution in [0.2, 0.25) is 0 Å². The number of aromatic nitrogens is 1. The number of nitrogens with zero attached hydrogens (tertiary/aromatic N) is 1. The summed E-state index contributed by atoms with van der Waals surface area (Å²) in [5.41, 5.74) is 2.01. The van der Waals surface area contributed by atoms with Crippen LogP contribution in [0.4, 0.5) is 0 Å². The summed E-state index contributed by atoms with van der Waals surface area (Å²) in [5, 5.41) is 2.95. The molecule has 5 nitrogen and oxygen atoms in total. The number of hydrogen-bond acceptors (Lipinski definition) is 4. The maximum absolute atomic E-state index is 12.6. The number of carbonyl (C=O) groups excluding carboxylic acids is 1. The molecule has 142 valence electrons. The molecule has 0 saturated heterocycles. The third-order valence-corrected chi connectivity index (χ3v) is 6.80. The molecule has 0 unspecified atom stereocenters. The molecule has 1 amide bonds. The Morgan fingerprint density at radius 3 is 2.25 bits per heavy atom. The zero-order valence-corrected chi connectivity index (χ0v) is 16.0. The van der Waals surface area contributed by atoms with Crippen molar-refractivity contribution in [2.75, 3.05) is 0 Å². The number of nitrogens with one attached hydrogen (secondary N) is 1. The second kappa shape index (κ2) is 7.56. The molecular weight excluding hydrogens is 372 g/mol. The molecule has 2 aromatic carbocycles. The van der Waals surface area contributed by atoms with Crippen LogP contribution in [0.1, 0.15) is 23.5 Å². The van der Waals surface area contributed by atoms with E-state index < -0.39 is 9.84 Å². The summed E-state index contributed by atoms with van der Waals surface area (Å²) in [6.07, 6.45) is 4.34. The van der Waals surface area contributed by atoms with Crippen molar-refractivity contribution in [3.63, 3.8) is 0 Å². The minimum absolute atomic E-state index is 0.000122. The molecule has 1 aliphatic carbocycles. The van der Waals surface area contributed by atoms with Crippen LogP contribution in [0.5, 0.6) is 0 Å². The molecule has 0 radical (unpaired) electrons. The van der Waals surface area contributed by atoms with E-state index in [0.29, 0.717) is 6.54 Å². The van der Waals surface area contributed by atoms with Crippen LogP contribution in [-0.4, -0.2) is 19.3 Å². The Morgan fingerprint density at radius 1 is 0.929 bits per heavy atom. The van der Waals surface area contributed by atoms with Gasteiger partial charge in [-0.25, -0.2) is 8.42 Å². The minimum Gasteiger partial charge on any atom is -0.352 e. The number of amides is 1. The van der Waals surface area contributed by atoms with Gasteiger partial charge in [0.25, 0.3) is 0 Å². The summed E-state index contributed by atoms with van der Waals surface area (Å²) in [4.78, 5) is 16.9. The second-order valence-corrected chi connectivity index (χ2v) is 8.86. The van der Waals surface area contributed by atoms with E-state index in [9.17, 15) is 13.2 Å². The third kappa shape index (κ3) is 3.82. The van der Waals surface area contributed by atoms with Crippen LogP contribution >= 0.6 is 0 Å². The fraction of sp³-hybridized carbons (Fsp3) is 0.182. The Hall–Kier alpha value is -2.99. The molecule has 1 N–H and O–H groups in total. The van der Waals surface area contributed by atoms with Crippen molar-refractivity contribution in [1.82, 2.24) is 10.3 Å². The number of benzene rings is 2. The van der Waals surface area contributed by atoms with E-state index in [4.69, 9.17) is 0 Å². The number of rotatable bonds is 6. The molecular formula is C22H20N2O3S. The SMILES string of the molecule is O=C(NCc1ccc(S(=O)(=O)c2ccccc2)cc1)[C@@H]1C[C@H]1c1ccncc1. The molecule has 6 heteroatoms. The number of sulfone groups is 1. The molecule has 1 fully saturated rings. The first-order valence-electron chi connectivity index (χ1n) is 9.12. The van der Waals surface area contributed by atoms with E-state index in [2.05, 4.69) is 10.3 Å². The highest BCUT2D eigenvalue weighted by atomic mass is 32.2. The van der Waals surface area contributed by atoms with Gasteiger partial charge in [-0.2, -0.15) is 0 Å². The highest BCUT2D eigenvalue weighted by molar-refractivity contribution is 7.91. The van der Waals surface area contributed by atoms with Crippen molar-refractivity contribution in [2.45, 2.75) is 28.7 Å². The van der Waals surface area contributed by atoms with Crippen LogP contribution in [0.3, 0.4) is 0 Å². The van der Waals surface area contributed by atoms with Crippen LogP contribution in [0.25, 0.3) is 0 Å². The normalized spacial score (nSPS) is 18.4. The van der Waals surface area contributed by atoms with Gasteiger partial charge < -0.3 is 5.32 Å². The molecule has 4 rings (SSSR count). The van der Waals surface area contributed by atoms with Crippen molar-refractivity contribution in [3.8, 4) is 0 Å². The first kappa shape index (κ1) is 18.4. The topological polar surface area (TPSA) is 76.1 Å². The average Bonchev–Trinajstić information content (AvgIpc) is 3.55. The van der Waals surface area contributed by atoms with Gasteiger partial charge in [0, 0.05) is 24.9 Å². The van der Waals surface area contributed by atoms with Gasteiger partial charge >= 0.3 is 0 Å². The first-order chi connectivity index (χ1) is 13.6. The molecule has 2 atom stereocenters. The second-order valence-electron chi connectivity index (χ2n) is 6.91. The molecule has 3 aromatic rings. The van der Waals surface area contributed by atoms with Crippen LogP contribution in [0, 0.1) is 5.92 Å². The smallest absolute Gasteiger partial charge is 0.224 e. The average molecular weight is 392 g/mol. The van der Waals surface area contributed by atoms with Crippen molar-refractivity contribution < 1.29 is 13.2 Å². The lowest BCUT2D eigenvalue weighted by molar-refractivity contribution is -0.122. The monoisotopic (exact) mass is 392 g/mol. The van der Waals surface area contributed by atoms with Gasteiger partial charge in [0.2, 0.25) is 15.7 Å². The standard InChI is InChI=1S/C22H20N2O3S/c25-22(21-14-20(21)17-10-12-23-13-11-17)24-15-16-6-8-19(9-7-16)28(26,27)18-4-2-1-3-5-18/h1-13,20-21H,14-15H2,(H,24,25)/t20-,21+/m0/s1. The fourth-order valence-electron chi connectivity index (χ4n) is 3.31. The summed E-state index contributed by atoms with van der Waals surface area (Å²) in [6, 6.07) is 18.9. The summed E-state index contributed by atoms with van der Waals surface area (Å²) in [5.74, 6) is 0.296. The molecule has 28 heavy (non-hydrogen) atoms. The van der Waals surface area contributed by atoms with Crippen molar-refractivity contribution >= 4 is 15.7 Å². The summed E-state index contributed by atoms with van der Waals surface area (Å²) >= 11 is 0. The maximum atomic E-state index is 12.6. The van der Waals surface area contributed by atoms with Crippen LogP contribution < -0.4 is 5.32 Å². The first-order valence-corrected chi connectivity index (χ1v) is 10.6. The molecule has 0 bridgehead atoms. The summed E-state index contributed by atoms with van der Waals surface area (Å²) in [7, 11) is -3.52. The van der Waals surface area contributed by atoms with E-state index in [1.54, 1.807) is 67.0 Å². The predicted molar refractivity (Wildman–Crippen MR) is 105 cm³/mol. The molecule has 1 saturated carbocycles. The zero-order chi connectivity index (χ0) is 19.6. The lowest BCUT2D eigenvalue weighted by Gasteiger charge is -2.08. The Labute approximate surface area is 164 Å².